The lowest BCUT2D eigenvalue weighted by atomic mass is 10.2. The lowest BCUT2D eigenvalue weighted by Gasteiger charge is -2.25. The quantitative estimate of drug-likeness (QED) is 0.331. The monoisotopic (exact) mass is 526 g/mol. The van der Waals surface area contributed by atoms with E-state index < -0.39 is 19.7 Å². The highest BCUT2D eigenvalue weighted by atomic mass is 32.2. The van der Waals surface area contributed by atoms with Gasteiger partial charge in [0.25, 0.3) is 0 Å². The van der Waals surface area contributed by atoms with Gasteiger partial charge in [-0.2, -0.15) is 0 Å². The van der Waals surface area contributed by atoms with Gasteiger partial charge in [0.2, 0.25) is 9.84 Å². The molecule has 36 heavy (non-hydrogen) atoms. The second-order valence-electron chi connectivity index (χ2n) is 8.21. The molecule has 0 amide bonds. The number of nitrogens with zero attached hydrogens (tertiary/aromatic N) is 3. The molecular formula is C25H26N4O5S2. The van der Waals surface area contributed by atoms with Gasteiger partial charge in [-0.3, -0.25) is 0 Å². The molecular weight excluding hydrogens is 500 g/mol. The highest BCUT2D eigenvalue weighted by Crippen LogP contribution is 2.25. The second-order valence-corrected chi connectivity index (χ2v) is 12.4. The van der Waals surface area contributed by atoms with Crippen molar-refractivity contribution in [1.29, 1.82) is 0 Å². The molecule has 0 saturated heterocycles. The Morgan fingerprint density at radius 1 is 0.861 bits per heavy atom. The summed E-state index contributed by atoms with van der Waals surface area (Å²) in [4.78, 5) is 10.4. The van der Waals surface area contributed by atoms with Crippen LogP contribution in [0.2, 0.25) is 0 Å². The Labute approximate surface area is 210 Å². The molecule has 1 heterocycles. The summed E-state index contributed by atoms with van der Waals surface area (Å²) in [7, 11) is -6.85. The standard InChI is InChI=1S/C25H26N4O5S2/c1-35(30,31)16-14-29(13-15-34-20-9-12-23-24(17-20)27-18-28-25(23)26)19-7-10-22(11-8-19)36(32,33)21-5-3-2-4-6-21/h2-12,17-18H,13-16H2,1H3,(H2,26,27,28). The number of aromatic nitrogens is 2. The van der Waals surface area contributed by atoms with Crippen LogP contribution in [0, 0.1) is 0 Å². The summed E-state index contributed by atoms with van der Waals surface area (Å²) >= 11 is 0. The first-order valence-electron chi connectivity index (χ1n) is 11.1. The number of anilines is 2. The molecule has 3 aromatic carbocycles. The molecule has 2 N–H and O–H groups in total. The van der Waals surface area contributed by atoms with E-state index in [1.807, 2.05) is 4.90 Å². The average molecular weight is 527 g/mol. The SMILES string of the molecule is CS(=O)(=O)CCN(CCOc1ccc2c(N)ncnc2c1)c1ccc(S(=O)(=O)c2ccccc2)cc1. The van der Waals surface area contributed by atoms with Crippen LogP contribution in [0.1, 0.15) is 0 Å². The first-order valence-corrected chi connectivity index (χ1v) is 14.6. The number of ether oxygens (including phenoxy) is 1. The number of nitrogens with two attached hydrogens (primary N) is 1. The van der Waals surface area contributed by atoms with Crippen molar-refractivity contribution in [3.63, 3.8) is 0 Å². The van der Waals surface area contributed by atoms with Crippen LogP contribution in [0.3, 0.4) is 0 Å². The molecule has 11 heteroatoms. The molecule has 0 atom stereocenters. The molecule has 1 aromatic heterocycles. The van der Waals surface area contributed by atoms with E-state index in [0.29, 0.717) is 29.3 Å². The van der Waals surface area contributed by atoms with E-state index in [4.69, 9.17) is 10.5 Å². The van der Waals surface area contributed by atoms with Gasteiger partial charge in [-0.25, -0.2) is 26.8 Å². The van der Waals surface area contributed by atoms with E-state index >= 15 is 0 Å². The molecule has 4 aromatic rings. The highest BCUT2D eigenvalue weighted by molar-refractivity contribution is 7.91. The minimum atomic E-state index is -3.65. The number of hydrogen-bond acceptors (Lipinski definition) is 9. The van der Waals surface area contributed by atoms with E-state index in [-0.39, 0.29) is 28.7 Å². The maximum absolute atomic E-state index is 12.9. The molecule has 0 aliphatic heterocycles. The van der Waals surface area contributed by atoms with Gasteiger partial charge >= 0.3 is 0 Å². The van der Waals surface area contributed by atoms with Gasteiger partial charge in [0, 0.05) is 29.9 Å². The van der Waals surface area contributed by atoms with Crippen LogP contribution >= 0.6 is 0 Å². The number of sulfone groups is 2. The first kappa shape index (κ1) is 25.4. The fourth-order valence-electron chi connectivity index (χ4n) is 3.64. The highest BCUT2D eigenvalue weighted by Gasteiger charge is 2.18. The van der Waals surface area contributed by atoms with Gasteiger partial charge in [-0.05, 0) is 48.5 Å². The molecule has 188 valence electrons. The lowest BCUT2D eigenvalue weighted by molar-refractivity contribution is 0.324. The molecule has 0 unspecified atom stereocenters. The van der Waals surface area contributed by atoms with E-state index in [2.05, 4.69) is 9.97 Å². The largest absolute Gasteiger partial charge is 0.492 e. The van der Waals surface area contributed by atoms with Crippen LogP contribution in [0.5, 0.6) is 5.75 Å². The van der Waals surface area contributed by atoms with Crippen molar-refractivity contribution >= 4 is 42.1 Å². The Balaban J connectivity index is 1.50. The molecule has 0 radical (unpaired) electrons. The number of fused-ring (bicyclic) bond motifs is 1. The van der Waals surface area contributed by atoms with Crippen molar-refractivity contribution in [2.75, 3.05) is 42.3 Å². The van der Waals surface area contributed by atoms with Gasteiger partial charge in [0.1, 0.15) is 34.3 Å². The summed E-state index contributed by atoms with van der Waals surface area (Å²) in [6.45, 7) is 0.874. The minimum absolute atomic E-state index is 0.0523. The third-order valence-electron chi connectivity index (χ3n) is 5.57. The zero-order valence-corrected chi connectivity index (χ0v) is 21.2. The summed E-state index contributed by atoms with van der Waals surface area (Å²) in [6.07, 6.45) is 2.57. The van der Waals surface area contributed by atoms with Gasteiger partial charge in [0.15, 0.2) is 0 Å². The summed E-state index contributed by atoms with van der Waals surface area (Å²) in [5, 5.41) is 0.727. The lowest BCUT2D eigenvalue weighted by Crippen LogP contribution is -2.32. The predicted molar refractivity (Wildman–Crippen MR) is 140 cm³/mol. The summed E-state index contributed by atoms with van der Waals surface area (Å²) in [5.74, 6) is 0.924. The maximum atomic E-state index is 12.9. The van der Waals surface area contributed by atoms with Gasteiger partial charge in [-0.15, -0.1) is 0 Å². The number of hydrogen-bond donors (Lipinski definition) is 1. The molecule has 0 aliphatic rings. The number of nitrogen functional groups attached to an aromatic ring is 1. The summed E-state index contributed by atoms with van der Waals surface area (Å²) < 4.78 is 55.3. The smallest absolute Gasteiger partial charge is 0.206 e. The Bertz CT molecular complexity index is 1560. The fraction of sp³-hybridized carbons (Fsp3) is 0.200. The molecule has 4 rings (SSSR count). The number of rotatable bonds is 10. The van der Waals surface area contributed by atoms with Gasteiger partial charge in [-0.1, -0.05) is 18.2 Å². The van der Waals surface area contributed by atoms with Crippen LogP contribution in [-0.4, -0.2) is 58.5 Å². The fourth-order valence-corrected chi connectivity index (χ4v) is 5.47. The van der Waals surface area contributed by atoms with Crippen molar-refractivity contribution in [2.45, 2.75) is 9.79 Å². The van der Waals surface area contributed by atoms with E-state index in [0.717, 1.165) is 5.39 Å². The second kappa shape index (κ2) is 10.5. The molecule has 0 fully saturated rings. The van der Waals surface area contributed by atoms with E-state index in [9.17, 15) is 16.8 Å². The zero-order valence-electron chi connectivity index (χ0n) is 19.6. The Morgan fingerprint density at radius 2 is 1.56 bits per heavy atom. The van der Waals surface area contributed by atoms with Gasteiger partial charge < -0.3 is 15.4 Å². The third-order valence-corrected chi connectivity index (χ3v) is 8.28. The molecule has 0 spiro atoms. The predicted octanol–water partition coefficient (Wildman–Crippen LogP) is 2.97. The van der Waals surface area contributed by atoms with Gasteiger partial charge in [0.05, 0.1) is 27.6 Å². The Hall–Kier alpha value is -3.70. The van der Waals surface area contributed by atoms with Crippen molar-refractivity contribution in [1.82, 2.24) is 9.97 Å². The molecule has 0 bridgehead atoms. The Kier molecular flexibility index (Phi) is 7.41. The minimum Gasteiger partial charge on any atom is -0.492 e. The van der Waals surface area contributed by atoms with Crippen molar-refractivity contribution in [3.8, 4) is 5.75 Å². The maximum Gasteiger partial charge on any atom is 0.206 e. The van der Waals surface area contributed by atoms with E-state index in [1.54, 1.807) is 60.7 Å². The molecule has 9 nitrogen and oxygen atoms in total. The van der Waals surface area contributed by atoms with Crippen LogP contribution in [0.25, 0.3) is 10.9 Å². The van der Waals surface area contributed by atoms with Crippen LogP contribution in [0.15, 0.2) is 88.9 Å². The summed E-state index contributed by atoms with van der Waals surface area (Å²) in [5.41, 5.74) is 7.21. The van der Waals surface area contributed by atoms with Crippen molar-refractivity contribution < 1.29 is 21.6 Å². The number of benzene rings is 3. The third kappa shape index (κ3) is 6.10. The van der Waals surface area contributed by atoms with Crippen molar-refractivity contribution in [2.24, 2.45) is 0 Å². The zero-order chi connectivity index (χ0) is 25.8. The summed E-state index contributed by atoms with van der Waals surface area (Å²) in [6, 6.07) is 19.9. The normalized spacial score (nSPS) is 11.9. The topological polar surface area (TPSA) is 133 Å². The van der Waals surface area contributed by atoms with Crippen molar-refractivity contribution in [3.05, 3.63) is 79.1 Å². The van der Waals surface area contributed by atoms with E-state index in [1.165, 1.54) is 24.7 Å². The van der Waals surface area contributed by atoms with Crippen LogP contribution in [-0.2, 0) is 19.7 Å². The molecule has 0 saturated carbocycles. The average Bonchev–Trinajstić information content (AvgIpc) is 2.86. The Morgan fingerprint density at radius 3 is 2.25 bits per heavy atom. The molecule has 0 aliphatic carbocycles. The first-order chi connectivity index (χ1) is 17.1. The van der Waals surface area contributed by atoms with Crippen LogP contribution < -0.4 is 15.4 Å². The van der Waals surface area contributed by atoms with Crippen LogP contribution in [0.4, 0.5) is 11.5 Å².